The van der Waals surface area contributed by atoms with E-state index in [4.69, 9.17) is 0 Å². The lowest BCUT2D eigenvalue weighted by molar-refractivity contribution is 0.801. The van der Waals surface area contributed by atoms with E-state index >= 15 is 0 Å². The first-order chi connectivity index (χ1) is 16.8. The molecule has 0 bridgehead atoms. The fourth-order valence-corrected chi connectivity index (χ4v) is 6.96. The largest absolute Gasteiger partial charge is 0.0731 e. The van der Waals surface area contributed by atoms with Gasteiger partial charge in [-0.05, 0) is 78.5 Å². The van der Waals surface area contributed by atoms with Gasteiger partial charge in [-0.1, -0.05) is 115 Å². The summed E-state index contributed by atoms with van der Waals surface area (Å²) in [5.74, 6) is 0. The summed E-state index contributed by atoms with van der Waals surface area (Å²) in [5.41, 5.74) is 12.2. The fraction of sp³-hybridized carbons (Fsp3) is 0.0588. The van der Waals surface area contributed by atoms with Gasteiger partial charge in [-0.15, -0.1) is 0 Å². The zero-order valence-electron chi connectivity index (χ0n) is 19.0. The Morgan fingerprint density at radius 2 is 1.06 bits per heavy atom. The summed E-state index contributed by atoms with van der Waals surface area (Å²) >= 11 is 0. The van der Waals surface area contributed by atoms with E-state index in [1.54, 1.807) is 0 Å². The maximum absolute atomic E-state index is 2.48. The van der Waals surface area contributed by atoms with E-state index < -0.39 is 0 Å². The molecule has 0 radical (unpaired) electrons. The van der Waals surface area contributed by atoms with Gasteiger partial charge in [0.15, 0.2) is 0 Å². The molecule has 2 aliphatic carbocycles. The van der Waals surface area contributed by atoms with Crippen molar-refractivity contribution in [3.63, 3.8) is 0 Å². The summed E-state index contributed by atoms with van der Waals surface area (Å²) in [7, 11) is 0. The number of hydrogen-bond acceptors (Lipinski definition) is 0. The monoisotopic (exact) mass is 430 g/mol. The highest BCUT2D eigenvalue weighted by Crippen LogP contribution is 2.65. The summed E-state index contributed by atoms with van der Waals surface area (Å²) < 4.78 is 0. The van der Waals surface area contributed by atoms with Crippen LogP contribution in [0.4, 0.5) is 0 Å². The van der Waals surface area contributed by atoms with E-state index in [-0.39, 0.29) is 5.41 Å². The Hall–Kier alpha value is -4.16. The summed E-state index contributed by atoms with van der Waals surface area (Å²) in [6.07, 6.45) is 0. The molecule has 0 heterocycles. The third-order valence-electron chi connectivity index (χ3n) is 8.18. The van der Waals surface area contributed by atoms with Gasteiger partial charge in [0.2, 0.25) is 0 Å². The molecule has 6 aromatic rings. The fourth-order valence-electron chi connectivity index (χ4n) is 6.96. The van der Waals surface area contributed by atoms with E-state index in [1.165, 1.54) is 71.6 Å². The number of hydrogen-bond donors (Lipinski definition) is 0. The molecule has 158 valence electrons. The molecule has 2 aliphatic rings. The first-order valence-corrected chi connectivity index (χ1v) is 12.0. The standard InChI is InChI=1S/C34H22/c1-21-20-31-32(27-15-5-4-11-23(21)27)28-19-18-22-10-2-3-12-24(22)33(28)34(31)29-16-8-6-13-25(29)26-14-7-9-17-30(26)34/h2-20H,1H3. The Kier molecular flexibility index (Phi) is 3.36. The van der Waals surface area contributed by atoms with Crippen LogP contribution in [-0.2, 0) is 5.41 Å². The van der Waals surface area contributed by atoms with E-state index in [1.807, 2.05) is 0 Å². The molecule has 0 saturated carbocycles. The zero-order valence-corrected chi connectivity index (χ0v) is 19.0. The highest BCUT2D eigenvalue weighted by atomic mass is 14.5. The Morgan fingerprint density at radius 1 is 0.471 bits per heavy atom. The molecule has 0 atom stereocenters. The van der Waals surface area contributed by atoms with Crippen molar-refractivity contribution in [3.05, 3.63) is 143 Å². The van der Waals surface area contributed by atoms with Crippen molar-refractivity contribution in [3.8, 4) is 22.3 Å². The molecule has 0 amide bonds. The van der Waals surface area contributed by atoms with Gasteiger partial charge in [0, 0.05) is 0 Å². The highest BCUT2D eigenvalue weighted by Gasteiger charge is 2.52. The Labute approximate surface area is 199 Å². The minimum atomic E-state index is -0.312. The van der Waals surface area contributed by atoms with E-state index in [9.17, 15) is 0 Å². The predicted octanol–water partition coefficient (Wildman–Crippen LogP) is 8.64. The molecule has 0 N–H and O–H groups in total. The molecule has 0 nitrogen and oxygen atoms in total. The second-order valence-corrected chi connectivity index (χ2v) is 9.71. The van der Waals surface area contributed by atoms with Gasteiger partial charge >= 0.3 is 0 Å². The molecule has 0 saturated heterocycles. The summed E-state index contributed by atoms with van der Waals surface area (Å²) in [6, 6.07) is 43.1. The van der Waals surface area contributed by atoms with E-state index in [2.05, 4.69) is 122 Å². The number of aryl methyl sites for hydroxylation is 1. The first kappa shape index (κ1) is 18.3. The SMILES string of the molecule is Cc1cc2c(c3ccccc13)-c1ccc3ccccc3c1C21c2ccccc2-c2ccccc21. The van der Waals surface area contributed by atoms with Gasteiger partial charge in [0.05, 0.1) is 5.41 Å². The van der Waals surface area contributed by atoms with Crippen LogP contribution in [0.25, 0.3) is 43.8 Å². The van der Waals surface area contributed by atoms with Crippen LogP contribution in [-0.4, -0.2) is 0 Å². The van der Waals surface area contributed by atoms with Gasteiger partial charge < -0.3 is 0 Å². The third-order valence-corrected chi connectivity index (χ3v) is 8.18. The Balaban J connectivity index is 1.70. The van der Waals surface area contributed by atoms with Crippen molar-refractivity contribution in [1.29, 1.82) is 0 Å². The van der Waals surface area contributed by atoms with Crippen LogP contribution in [0.5, 0.6) is 0 Å². The quantitative estimate of drug-likeness (QED) is 0.226. The van der Waals surface area contributed by atoms with Crippen LogP contribution in [0.2, 0.25) is 0 Å². The third kappa shape index (κ3) is 1.97. The van der Waals surface area contributed by atoms with Gasteiger partial charge in [-0.25, -0.2) is 0 Å². The Morgan fingerprint density at radius 3 is 1.79 bits per heavy atom. The second kappa shape index (κ2) is 6.24. The van der Waals surface area contributed by atoms with Crippen molar-refractivity contribution >= 4 is 21.5 Å². The summed E-state index contributed by atoms with van der Waals surface area (Å²) in [6.45, 7) is 2.27. The van der Waals surface area contributed by atoms with Crippen LogP contribution >= 0.6 is 0 Å². The van der Waals surface area contributed by atoms with Crippen molar-refractivity contribution in [2.45, 2.75) is 12.3 Å². The second-order valence-electron chi connectivity index (χ2n) is 9.71. The minimum Gasteiger partial charge on any atom is -0.0619 e. The molecular formula is C34H22. The van der Waals surface area contributed by atoms with Crippen LogP contribution in [0.3, 0.4) is 0 Å². The molecule has 8 rings (SSSR count). The van der Waals surface area contributed by atoms with E-state index in [0.29, 0.717) is 0 Å². The normalized spacial score (nSPS) is 14.3. The molecule has 0 aliphatic heterocycles. The van der Waals surface area contributed by atoms with Crippen LogP contribution < -0.4 is 0 Å². The van der Waals surface area contributed by atoms with Crippen LogP contribution in [0.15, 0.2) is 115 Å². The maximum Gasteiger partial charge on any atom is 0.0731 e. The number of benzene rings is 6. The topological polar surface area (TPSA) is 0 Å². The van der Waals surface area contributed by atoms with Crippen LogP contribution in [0, 0.1) is 6.92 Å². The average molecular weight is 431 g/mol. The lowest BCUT2D eigenvalue weighted by atomic mass is 9.69. The van der Waals surface area contributed by atoms with Crippen molar-refractivity contribution < 1.29 is 0 Å². The predicted molar refractivity (Wildman–Crippen MR) is 142 cm³/mol. The highest BCUT2D eigenvalue weighted by molar-refractivity contribution is 6.11. The smallest absolute Gasteiger partial charge is 0.0619 e. The first-order valence-electron chi connectivity index (χ1n) is 12.0. The van der Waals surface area contributed by atoms with Gasteiger partial charge in [-0.2, -0.15) is 0 Å². The molecule has 34 heavy (non-hydrogen) atoms. The molecule has 0 fully saturated rings. The average Bonchev–Trinajstić information content (AvgIpc) is 3.36. The van der Waals surface area contributed by atoms with Crippen LogP contribution in [0.1, 0.15) is 27.8 Å². The minimum absolute atomic E-state index is 0.312. The molecule has 6 aromatic carbocycles. The lowest BCUT2D eigenvalue weighted by Crippen LogP contribution is -2.26. The van der Waals surface area contributed by atoms with Gasteiger partial charge in [0.1, 0.15) is 0 Å². The van der Waals surface area contributed by atoms with Crippen molar-refractivity contribution in [1.82, 2.24) is 0 Å². The van der Waals surface area contributed by atoms with Crippen molar-refractivity contribution in [2.75, 3.05) is 0 Å². The molecule has 0 heteroatoms. The summed E-state index contributed by atoms with van der Waals surface area (Å²) in [5, 5.41) is 5.35. The van der Waals surface area contributed by atoms with Gasteiger partial charge in [0.25, 0.3) is 0 Å². The molecule has 0 aromatic heterocycles. The zero-order chi connectivity index (χ0) is 22.4. The Bertz CT molecular complexity index is 1770. The molecule has 0 unspecified atom stereocenters. The van der Waals surface area contributed by atoms with Gasteiger partial charge in [-0.3, -0.25) is 0 Å². The van der Waals surface area contributed by atoms with Crippen molar-refractivity contribution in [2.24, 2.45) is 0 Å². The molecule has 1 spiro atoms. The van der Waals surface area contributed by atoms with E-state index in [0.717, 1.165) is 0 Å². The number of rotatable bonds is 0. The molecular weight excluding hydrogens is 408 g/mol. The lowest BCUT2D eigenvalue weighted by Gasteiger charge is -2.31. The summed E-state index contributed by atoms with van der Waals surface area (Å²) in [4.78, 5) is 0. The number of fused-ring (bicyclic) bond motifs is 14. The maximum atomic E-state index is 2.48.